The van der Waals surface area contributed by atoms with Crippen molar-refractivity contribution in [1.82, 2.24) is 14.9 Å². The van der Waals surface area contributed by atoms with E-state index in [1.807, 2.05) is 42.5 Å². The van der Waals surface area contributed by atoms with Gasteiger partial charge in [0.15, 0.2) is 0 Å². The molecule has 8 heteroatoms. The first-order valence-electron chi connectivity index (χ1n) is 9.84. The van der Waals surface area contributed by atoms with Gasteiger partial charge in [-0.1, -0.05) is 36.0 Å². The van der Waals surface area contributed by atoms with Crippen molar-refractivity contribution in [3.63, 3.8) is 0 Å². The van der Waals surface area contributed by atoms with Crippen molar-refractivity contribution in [2.24, 2.45) is 0 Å². The summed E-state index contributed by atoms with van der Waals surface area (Å²) in [7, 11) is 1.60. The maximum absolute atomic E-state index is 12.5. The number of amides is 1. The van der Waals surface area contributed by atoms with Crippen LogP contribution in [0.5, 0.6) is 5.75 Å². The van der Waals surface area contributed by atoms with Crippen LogP contribution in [-0.4, -0.2) is 59.9 Å². The van der Waals surface area contributed by atoms with E-state index in [0.29, 0.717) is 18.0 Å². The van der Waals surface area contributed by atoms with E-state index < -0.39 is 0 Å². The second-order valence-corrected chi connectivity index (χ2v) is 7.88. The number of hydrogen-bond acceptors (Lipinski definition) is 7. The molecule has 1 aliphatic heterocycles. The molecule has 0 bridgehead atoms. The Kier molecular flexibility index (Phi) is 6.78. The number of methoxy groups -OCH3 is 1. The van der Waals surface area contributed by atoms with Crippen molar-refractivity contribution >= 4 is 34.3 Å². The van der Waals surface area contributed by atoms with Crippen LogP contribution in [0.1, 0.15) is 5.82 Å². The van der Waals surface area contributed by atoms with Gasteiger partial charge in [-0.15, -0.1) is 0 Å². The SMILES string of the molecule is COc1cccc(NC(=O)CSc2nc(CN3CCOCC3)nc3ccccc23)c1. The number of carbonyl (C=O) groups is 1. The number of anilines is 1. The Bertz CT molecular complexity index is 1020. The fraction of sp³-hybridized carbons (Fsp3) is 0.318. The minimum Gasteiger partial charge on any atom is -0.497 e. The lowest BCUT2D eigenvalue weighted by atomic mass is 10.2. The van der Waals surface area contributed by atoms with Gasteiger partial charge in [0, 0.05) is 30.2 Å². The third kappa shape index (κ3) is 5.27. The van der Waals surface area contributed by atoms with Crippen molar-refractivity contribution in [2.45, 2.75) is 11.6 Å². The van der Waals surface area contributed by atoms with Gasteiger partial charge in [-0.05, 0) is 18.2 Å². The summed E-state index contributed by atoms with van der Waals surface area (Å²) in [4.78, 5) is 24.3. The lowest BCUT2D eigenvalue weighted by Crippen LogP contribution is -2.36. The summed E-state index contributed by atoms with van der Waals surface area (Å²) < 4.78 is 10.6. The van der Waals surface area contributed by atoms with Gasteiger partial charge in [-0.25, -0.2) is 9.97 Å². The van der Waals surface area contributed by atoms with Crippen LogP contribution in [0.25, 0.3) is 10.9 Å². The number of benzene rings is 2. The zero-order valence-corrected chi connectivity index (χ0v) is 17.7. The van der Waals surface area contributed by atoms with Crippen LogP contribution in [0.2, 0.25) is 0 Å². The molecule has 7 nitrogen and oxygen atoms in total. The van der Waals surface area contributed by atoms with E-state index in [0.717, 1.165) is 48.1 Å². The summed E-state index contributed by atoms with van der Waals surface area (Å²) in [6.07, 6.45) is 0. The minimum absolute atomic E-state index is 0.0920. The summed E-state index contributed by atoms with van der Waals surface area (Å²) >= 11 is 1.43. The van der Waals surface area contributed by atoms with Gasteiger partial charge >= 0.3 is 0 Å². The number of nitrogens with one attached hydrogen (secondary N) is 1. The van der Waals surface area contributed by atoms with Crippen molar-refractivity contribution < 1.29 is 14.3 Å². The number of carbonyl (C=O) groups excluding carboxylic acids is 1. The number of aromatic nitrogens is 2. The number of thioether (sulfide) groups is 1. The molecule has 1 amide bonds. The predicted molar refractivity (Wildman–Crippen MR) is 118 cm³/mol. The Hall–Kier alpha value is -2.68. The molecule has 0 saturated carbocycles. The molecule has 0 aliphatic carbocycles. The first kappa shape index (κ1) is 20.6. The summed E-state index contributed by atoms with van der Waals surface area (Å²) in [6, 6.07) is 15.2. The Balaban J connectivity index is 1.47. The van der Waals surface area contributed by atoms with Crippen LogP contribution >= 0.6 is 11.8 Å². The van der Waals surface area contributed by atoms with Crippen LogP contribution in [0, 0.1) is 0 Å². The van der Waals surface area contributed by atoms with E-state index in [1.165, 1.54) is 11.8 Å². The monoisotopic (exact) mass is 424 g/mol. The van der Waals surface area contributed by atoms with Crippen LogP contribution in [0.4, 0.5) is 5.69 Å². The molecule has 3 aromatic rings. The van der Waals surface area contributed by atoms with Gasteiger partial charge in [0.05, 0.1) is 38.1 Å². The smallest absolute Gasteiger partial charge is 0.234 e. The van der Waals surface area contributed by atoms with Gasteiger partial charge < -0.3 is 14.8 Å². The summed E-state index contributed by atoms with van der Waals surface area (Å²) in [5.74, 6) is 1.64. The van der Waals surface area contributed by atoms with Crippen molar-refractivity contribution in [3.05, 3.63) is 54.4 Å². The second-order valence-electron chi connectivity index (χ2n) is 6.92. The summed E-state index contributed by atoms with van der Waals surface area (Å²) in [5.41, 5.74) is 1.60. The Morgan fingerprint density at radius 3 is 2.83 bits per heavy atom. The van der Waals surface area contributed by atoms with Crippen LogP contribution in [0.3, 0.4) is 0 Å². The van der Waals surface area contributed by atoms with Crippen LogP contribution in [-0.2, 0) is 16.1 Å². The van der Waals surface area contributed by atoms with Gasteiger partial charge in [-0.3, -0.25) is 9.69 Å². The Morgan fingerprint density at radius 1 is 1.17 bits per heavy atom. The number of fused-ring (bicyclic) bond motifs is 1. The number of rotatable bonds is 7. The van der Waals surface area contributed by atoms with E-state index in [1.54, 1.807) is 13.2 Å². The van der Waals surface area contributed by atoms with E-state index in [4.69, 9.17) is 19.4 Å². The van der Waals surface area contributed by atoms with E-state index >= 15 is 0 Å². The largest absolute Gasteiger partial charge is 0.497 e. The molecule has 1 aromatic heterocycles. The second kappa shape index (κ2) is 9.88. The molecule has 1 fully saturated rings. The number of ether oxygens (including phenoxy) is 2. The molecule has 0 spiro atoms. The molecule has 1 saturated heterocycles. The zero-order chi connectivity index (χ0) is 20.8. The van der Waals surface area contributed by atoms with Crippen LogP contribution < -0.4 is 10.1 Å². The summed E-state index contributed by atoms with van der Waals surface area (Å²) in [6.45, 7) is 3.90. The lowest BCUT2D eigenvalue weighted by molar-refractivity contribution is -0.113. The van der Waals surface area contributed by atoms with Gasteiger partial charge in [0.25, 0.3) is 0 Å². The lowest BCUT2D eigenvalue weighted by Gasteiger charge is -2.25. The van der Waals surface area contributed by atoms with Crippen molar-refractivity contribution in [3.8, 4) is 5.75 Å². The zero-order valence-electron chi connectivity index (χ0n) is 16.8. The first-order chi connectivity index (χ1) is 14.7. The average molecular weight is 425 g/mol. The number of hydrogen-bond donors (Lipinski definition) is 1. The molecule has 156 valence electrons. The molecule has 0 radical (unpaired) electrons. The maximum Gasteiger partial charge on any atom is 0.234 e. The first-order valence-corrected chi connectivity index (χ1v) is 10.8. The molecule has 4 rings (SSSR count). The molecule has 30 heavy (non-hydrogen) atoms. The number of para-hydroxylation sites is 1. The van der Waals surface area contributed by atoms with E-state index in [2.05, 4.69) is 10.2 Å². The van der Waals surface area contributed by atoms with E-state index in [9.17, 15) is 4.79 Å². The van der Waals surface area contributed by atoms with Crippen molar-refractivity contribution in [2.75, 3.05) is 44.5 Å². The van der Waals surface area contributed by atoms with Gasteiger partial charge in [0.1, 0.15) is 16.6 Å². The molecule has 2 aromatic carbocycles. The fourth-order valence-corrected chi connectivity index (χ4v) is 4.10. The Morgan fingerprint density at radius 2 is 2.00 bits per heavy atom. The topological polar surface area (TPSA) is 76.6 Å². The molecular weight excluding hydrogens is 400 g/mol. The highest BCUT2D eigenvalue weighted by Gasteiger charge is 2.15. The molecule has 0 unspecified atom stereocenters. The van der Waals surface area contributed by atoms with Crippen molar-refractivity contribution in [1.29, 1.82) is 0 Å². The van der Waals surface area contributed by atoms with Gasteiger partial charge in [-0.2, -0.15) is 0 Å². The number of nitrogens with zero attached hydrogens (tertiary/aromatic N) is 3. The average Bonchev–Trinajstić information content (AvgIpc) is 2.78. The van der Waals surface area contributed by atoms with E-state index in [-0.39, 0.29) is 11.7 Å². The third-order valence-electron chi connectivity index (χ3n) is 4.78. The standard InChI is InChI=1S/C22H24N4O3S/c1-28-17-6-4-5-16(13-17)23-21(27)15-30-22-18-7-2-3-8-19(18)24-20(25-22)14-26-9-11-29-12-10-26/h2-8,13H,9-12,14-15H2,1H3,(H,23,27). The predicted octanol–water partition coefficient (Wildman–Crippen LogP) is 3.20. The molecule has 1 aliphatic rings. The minimum atomic E-state index is -0.0920. The highest BCUT2D eigenvalue weighted by atomic mass is 32.2. The third-order valence-corrected chi connectivity index (χ3v) is 5.77. The number of morpholine rings is 1. The highest BCUT2D eigenvalue weighted by molar-refractivity contribution is 8.00. The normalized spacial score (nSPS) is 14.6. The highest BCUT2D eigenvalue weighted by Crippen LogP contribution is 2.26. The quantitative estimate of drug-likeness (QED) is 0.461. The summed E-state index contributed by atoms with van der Waals surface area (Å²) in [5, 5.41) is 4.69. The Labute approximate surface area is 179 Å². The molecular formula is C22H24N4O3S. The fourth-order valence-electron chi connectivity index (χ4n) is 3.27. The molecule has 2 heterocycles. The molecule has 1 N–H and O–H groups in total. The maximum atomic E-state index is 12.5. The molecule has 0 atom stereocenters. The van der Waals surface area contributed by atoms with Gasteiger partial charge in [0.2, 0.25) is 5.91 Å². The van der Waals surface area contributed by atoms with Crippen LogP contribution in [0.15, 0.2) is 53.6 Å².